The highest BCUT2D eigenvalue weighted by Gasteiger charge is 2.20. The maximum atomic E-state index is 9.75. The second kappa shape index (κ2) is 9.11. The number of aromatic nitrogens is 4. The van der Waals surface area contributed by atoms with Crippen LogP contribution in [-0.4, -0.2) is 43.2 Å². The predicted molar refractivity (Wildman–Crippen MR) is 116 cm³/mol. The van der Waals surface area contributed by atoms with Crippen molar-refractivity contribution in [2.24, 2.45) is 0 Å². The summed E-state index contributed by atoms with van der Waals surface area (Å²) in [7, 11) is 0. The average molecular weight is 413 g/mol. The Bertz CT molecular complexity index is 918. The van der Waals surface area contributed by atoms with Crippen LogP contribution in [0.25, 0.3) is 10.3 Å². The molecule has 1 saturated carbocycles. The van der Waals surface area contributed by atoms with E-state index in [2.05, 4.69) is 35.5 Å². The number of anilines is 1. The Morgan fingerprint density at radius 1 is 1.14 bits per heavy atom. The van der Waals surface area contributed by atoms with Gasteiger partial charge in [0.25, 0.3) is 0 Å². The number of pyridine rings is 1. The Kier molecular flexibility index (Phi) is 6.32. The highest BCUT2D eigenvalue weighted by Crippen LogP contribution is 2.23. The van der Waals surface area contributed by atoms with Crippen LogP contribution in [0, 0.1) is 0 Å². The normalized spacial score (nSPS) is 19.7. The summed E-state index contributed by atoms with van der Waals surface area (Å²) in [6.07, 6.45) is 5.84. The van der Waals surface area contributed by atoms with Crippen molar-refractivity contribution in [3.8, 4) is 0 Å². The van der Waals surface area contributed by atoms with E-state index in [1.165, 1.54) is 0 Å². The summed E-state index contributed by atoms with van der Waals surface area (Å²) in [5.74, 6) is 0.670. The van der Waals surface area contributed by atoms with E-state index >= 15 is 0 Å². The van der Waals surface area contributed by atoms with Crippen LogP contribution in [0.4, 0.5) is 5.95 Å². The predicted octanol–water partition coefficient (Wildman–Crippen LogP) is 3.29. The lowest BCUT2D eigenvalue weighted by molar-refractivity contribution is 0.126. The molecule has 0 bridgehead atoms. The van der Waals surface area contributed by atoms with Crippen molar-refractivity contribution in [2.75, 3.05) is 5.32 Å². The second-order valence-electron chi connectivity index (χ2n) is 7.97. The Hall–Kier alpha value is -2.16. The monoisotopic (exact) mass is 412 g/mol. The van der Waals surface area contributed by atoms with Gasteiger partial charge in [0, 0.05) is 31.2 Å². The van der Waals surface area contributed by atoms with Gasteiger partial charge in [-0.05, 0) is 43.9 Å². The third-order valence-corrected chi connectivity index (χ3v) is 6.08. The summed E-state index contributed by atoms with van der Waals surface area (Å²) < 4.78 is 0. The molecular weight excluding hydrogens is 384 g/mol. The van der Waals surface area contributed by atoms with Crippen molar-refractivity contribution in [1.82, 2.24) is 25.3 Å². The Morgan fingerprint density at radius 3 is 2.69 bits per heavy atom. The summed E-state index contributed by atoms with van der Waals surface area (Å²) >= 11 is 1.61. The number of nitrogens with one attached hydrogen (secondary N) is 2. The van der Waals surface area contributed by atoms with Crippen LogP contribution < -0.4 is 10.6 Å². The lowest BCUT2D eigenvalue weighted by Gasteiger charge is -2.26. The molecule has 0 unspecified atom stereocenters. The minimum Gasteiger partial charge on any atom is -0.393 e. The molecule has 154 valence electrons. The lowest BCUT2D eigenvalue weighted by Crippen LogP contribution is -2.29. The smallest absolute Gasteiger partial charge is 0.223 e. The summed E-state index contributed by atoms with van der Waals surface area (Å²) in [6, 6.07) is 6.66. The molecule has 3 aromatic heterocycles. The van der Waals surface area contributed by atoms with Gasteiger partial charge in [0.1, 0.15) is 15.4 Å². The highest BCUT2D eigenvalue weighted by molar-refractivity contribution is 7.18. The summed E-state index contributed by atoms with van der Waals surface area (Å²) in [6.45, 7) is 4.96. The van der Waals surface area contributed by atoms with Crippen LogP contribution in [0.2, 0.25) is 0 Å². The Morgan fingerprint density at radius 2 is 1.93 bits per heavy atom. The highest BCUT2D eigenvalue weighted by atomic mass is 32.1. The van der Waals surface area contributed by atoms with E-state index in [0.717, 1.165) is 52.4 Å². The van der Waals surface area contributed by atoms with Gasteiger partial charge in [0.2, 0.25) is 5.95 Å². The topological polar surface area (TPSA) is 95.9 Å². The van der Waals surface area contributed by atoms with Crippen LogP contribution >= 0.6 is 11.3 Å². The van der Waals surface area contributed by atoms with Crippen LogP contribution in [0.1, 0.15) is 55.9 Å². The number of aliphatic hydroxyl groups is 1. The fraction of sp³-hybridized carbons (Fsp3) is 0.524. The van der Waals surface area contributed by atoms with Crippen LogP contribution in [0.3, 0.4) is 0 Å². The van der Waals surface area contributed by atoms with Crippen LogP contribution in [-0.2, 0) is 13.0 Å². The molecule has 4 rings (SSSR count). The van der Waals surface area contributed by atoms with E-state index < -0.39 is 0 Å². The van der Waals surface area contributed by atoms with Gasteiger partial charge in [0.15, 0.2) is 0 Å². The van der Waals surface area contributed by atoms with E-state index in [-0.39, 0.29) is 6.10 Å². The molecule has 0 amide bonds. The van der Waals surface area contributed by atoms with E-state index in [1.807, 2.05) is 12.1 Å². The molecule has 1 fully saturated rings. The molecule has 0 aromatic carbocycles. The largest absolute Gasteiger partial charge is 0.393 e. The molecule has 7 nitrogen and oxygen atoms in total. The van der Waals surface area contributed by atoms with Gasteiger partial charge >= 0.3 is 0 Å². The second-order valence-corrected chi connectivity index (χ2v) is 9.03. The molecule has 1 aliphatic rings. The van der Waals surface area contributed by atoms with Gasteiger partial charge in [-0.2, -0.15) is 0 Å². The number of hydrogen-bond donors (Lipinski definition) is 3. The molecule has 3 aromatic rings. The number of nitrogens with zero attached hydrogens (tertiary/aromatic N) is 4. The zero-order chi connectivity index (χ0) is 20.2. The lowest BCUT2D eigenvalue weighted by atomic mass is 9.93. The third-order valence-electron chi connectivity index (χ3n) is 5.10. The first-order valence-corrected chi connectivity index (χ1v) is 11.1. The minimum atomic E-state index is -0.168. The number of aliphatic hydroxyl groups excluding tert-OH is 1. The van der Waals surface area contributed by atoms with Crippen molar-refractivity contribution in [3.63, 3.8) is 0 Å². The van der Waals surface area contributed by atoms with Gasteiger partial charge in [0.05, 0.1) is 17.5 Å². The molecule has 0 atom stereocenters. The molecule has 29 heavy (non-hydrogen) atoms. The maximum absolute atomic E-state index is 9.75. The van der Waals surface area contributed by atoms with Crippen molar-refractivity contribution in [2.45, 2.75) is 70.7 Å². The van der Waals surface area contributed by atoms with Gasteiger partial charge < -0.3 is 15.7 Å². The molecule has 1 aliphatic carbocycles. The van der Waals surface area contributed by atoms with Crippen molar-refractivity contribution < 1.29 is 5.11 Å². The molecule has 0 radical (unpaired) electrons. The van der Waals surface area contributed by atoms with E-state index in [4.69, 9.17) is 15.0 Å². The van der Waals surface area contributed by atoms with Crippen LogP contribution in [0.5, 0.6) is 0 Å². The molecule has 3 N–H and O–H groups in total. The van der Waals surface area contributed by atoms with Crippen LogP contribution in [0.15, 0.2) is 24.4 Å². The fourth-order valence-corrected chi connectivity index (χ4v) is 4.48. The molecule has 0 aliphatic heterocycles. The molecule has 0 spiro atoms. The molecule has 0 saturated heterocycles. The number of rotatable bonds is 7. The summed E-state index contributed by atoms with van der Waals surface area (Å²) in [4.78, 5) is 19.5. The summed E-state index contributed by atoms with van der Waals surface area (Å²) in [5.41, 5.74) is 2.86. The third kappa shape index (κ3) is 5.46. The number of hydrogen-bond acceptors (Lipinski definition) is 8. The first-order chi connectivity index (χ1) is 14.0. The van der Waals surface area contributed by atoms with Gasteiger partial charge in [-0.15, -0.1) is 0 Å². The fourth-order valence-electron chi connectivity index (χ4n) is 3.56. The number of thiazole rings is 1. The Labute approximate surface area is 175 Å². The van der Waals surface area contributed by atoms with E-state index in [9.17, 15) is 5.11 Å². The summed E-state index contributed by atoms with van der Waals surface area (Å²) in [5, 5.41) is 17.7. The quantitative estimate of drug-likeness (QED) is 0.548. The van der Waals surface area contributed by atoms with Gasteiger partial charge in [-0.25, -0.2) is 19.9 Å². The molecule has 3 heterocycles. The number of fused-ring (bicyclic) bond motifs is 1. The first kappa shape index (κ1) is 20.1. The van der Waals surface area contributed by atoms with Crippen molar-refractivity contribution in [1.29, 1.82) is 0 Å². The van der Waals surface area contributed by atoms with E-state index in [1.54, 1.807) is 17.5 Å². The average Bonchev–Trinajstić information content (AvgIpc) is 3.10. The Balaban J connectivity index is 1.54. The SMILES string of the molecule is CC(C)NCc1cc(Cc2nc3cccnc3s2)nc(NC2CCC(O)CC2)n1. The minimum absolute atomic E-state index is 0.168. The van der Waals surface area contributed by atoms with Crippen molar-refractivity contribution >= 4 is 27.6 Å². The first-order valence-electron chi connectivity index (χ1n) is 10.3. The van der Waals surface area contributed by atoms with Gasteiger partial charge in [-0.1, -0.05) is 25.2 Å². The maximum Gasteiger partial charge on any atom is 0.223 e. The standard InChI is InChI=1S/C21H28N6OS/c1-13(2)23-12-16-10-15(11-19-27-18-4-3-9-22-20(18)29-19)25-21(26-16)24-14-5-7-17(28)8-6-14/h3-4,9-10,13-14,17,23,28H,5-8,11-12H2,1-2H3,(H,24,25,26). The van der Waals surface area contributed by atoms with E-state index in [0.29, 0.717) is 31.0 Å². The molecule has 8 heteroatoms. The molecular formula is C21H28N6OS. The van der Waals surface area contributed by atoms with Crippen molar-refractivity contribution in [3.05, 3.63) is 40.8 Å². The zero-order valence-corrected chi connectivity index (χ0v) is 17.7. The van der Waals surface area contributed by atoms with Gasteiger partial charge in [-0.3, -0.25) is 0 Å². The zero-order valence-electron chi connectivity index (χ0n) is 16.9.